The van der Waals surface area contributed by atoms with Crippen LogP contribution in [0.15, 0.2) is 12.1 Å². The van der Waals surface area contributed by atoms with Crippen molar-refractivity contribution in [1.29, 1.82) is 0 Å². The SMILES string of the molecule is COC(=O)c1cc(C)c(C)c(C2(C(=O)O)CCCC2)c1. The molecule has 2 rings (SSSR count). The Balaban J connectivity index is 2.63. The summed E-state index contributed by atoms with van der Waals surface area (Å²) in [4.78, 5) is 23.6. The molecule has 1 saturated carbocycles. The van der Waals surface area contributed by atoms with E-state index >= 15 is 0 Å². The molecule has 108 valence electrons. The molecule has 4 heteroatoms. The van der Waals surface area contributed by atoms with Crippen molar-refractivity contribution in [2.75, 3.05) is 7.11 Å². The Morgan fingerprint density at radius 1 is 1.20 bits per heavy atom. The van der Waals surface area contributed by atoms with Crippen LogP contribution in [0.1, 0.15) is 52.7 Å². The van der Waals surface area contributed by atoms with Gasteiger partial charge in [-0.15, -0.1) is 0 Å². The maximum Gasteiger partial charge on any atom is 0.337 e. The van der Waals surface area contributed by atoms with E-state index in [1.165, 1.54) is 7.11 Å². The number of carboxylic acid groups (broad SMARTS) is 1. The highest BCUT2D eigenvalue weighted by Gasteiger charge is 2.44. The summed E-state index contributed by atoms with van der Waals surface area (Å²) in [5, 5.41) is 9.70. The van der Waals surface area contributed by atoms with Crippen LogP contribution in [0.4, 0.5) is 0 Å². The molecule has 1 fully saturated rings. The molecule has 0 heterocycles. The van der Waals surface area contributed by atoms with Gasteiger partial charge in [-0.25, -0.2) is 4.79 Å². The molecule has 4 nitrogen and oxygen atoms in total. The van der Waals surface area contributed by atoms with Crippen molar-refractivity contribution in [3.05, 3.63) is 34.4 Å². The zero-order chi connectivity index (χ0) is 14.9. The minimum absolute atomic E-state index is 0.423. The quantitative estimate of drug-likeness (QED) is 0.862. The van der Waals surface area contributed by atoms with E-state index in [-0.39, 0.29) is 0 Å². The van der Waals surface area contributed by atoms with Gasteiger partial charge in [0, 0.05) is 0 Å². The van der Waals surface area contributed by atoms with Crippen LogP contribution in [0.25, 0.3) is 0 Å². The van der Waals surface area contributed by atoms with Crippen molar-refractivity contribution in [2.45, 2.75) is 44.9 Å². The lowest BCUT2D eigenvalue weighted by Crippen LogP contribution is -2.34. The first kappa shape index (κ1) is 14.6. The van der Waals surface area contributed by atoms with Crippen molar-refractivity contribution in [3.8, 4) is 0 Å². The molecular formula is C16H20O4. The summed E-state index contributed by atoms with van der Waals surface area (Å²) < 4.78 is 4.76. The van der Waals surface area contributed by atoms with Crippen LogP contribution >= 0.6 is 0 Å². The highest BCUT2D eigenvalue weighted by atomic mass is 16.5. The second kappa shape index (κ2) is 5.27. The molecule has 0 atom stereocenters. The number of aliphatic carboxylic acids is 1. The summed E-state index contributed by atoms with van der Waals surface area (Å²) >= 11 is 0. The minimum atomic E-state index is -0.848. The lowest BCUT2D eigenvalue weighted by molar-refractivity contribution is -0.143. The number of carbonyl (C=O) groups is 2. The third-order valence-electron chi connectivity index (χ3n) is 4.47. The number of aryl methyl sites for hydroxylation is 1. The van der Waals surface area contributed by atoms with Crippen LogP contribution in [0.3, 0.4) is 0 Å². The summed E-state index contributed by atoms with van der Waals surface area (Å²) in [5.74, 6) is -1.22. The molecule has 0 aliphatic heterocycles. The zero-order valence-corrected chi connectivity index (χ0v) is 12.2. The third-order valence-corrected chi connectivity index (χ3v) is 4.47. The molecule has 20 heavy (non-hydrogen) atoms. The maximum absolute atomic E-state index is 11.8. The van der Waals surface area contributed by atoms with Gasteiger partial charge in [0.1, 0.15) is 0 Å². The molecule has 1 aromatic rings. The summed E-state index contributed by atoms with van der Waals surface area (Å²) in [6.07, 6.45) is 3.08. The molecular weight excluding hydrogens is 256 g/mol. The molecule has 0 aromatic heterocycles. The first-order valence-electron chi connectivity index (χ1n) is 6.86. The van der Waals surface area contributed by atoms with Gasteiger partial charge in [0.15, 0.2) is 0 Å². The summed E-state index contributed by atoms with van der Waals surface area (Å²) in [7, 11) is 1.33. The van der Waals surface area contributed by atoms with E-state index in [9.17, 15) is 14.7 Å². The molecule has 0 spiro atoms. The molecule has 0 saturated heterocycles. The number of rotatable bonds is 3. The maximum atomic E-state index is 11.8. The Bertz CT molecular complexity index is 554. The van der Waals surface area contributed by atoms with Gasteiger partial charge in [-0.2, -0.15) is 0 Å². The number of ether oxygens (including phenoxy) is 1. The van der Waals surface area contributed by atoms with E-state index in [0.29, 0.717) is 18.4 Å². The van der Waals surface area contributed by atoms with Gasteiger partial charge in [-0.1, -0.05) is 12.8 Å². The Morgan fingerprint density at radius 2 is 1.80 bits per heavy atom. The second-order valence-corrected chi connectivity index (χ2v) is 5.55. The van der Waals surface area contributed by atoms with Crippen molar-refractivity contribution in [2.24, 2.45) is 0 Å². The number of carbonyl (C=O) groups excluding carboxylic acids is 1. The summed E-state index contributed by atoms with van der Waals surface area (Å²) in [5.41, 5.74) is 2.23. The number of hydrogen-bond donors (Lipinski definition) is 1. The Morgan fingerprint density at radius 3 is 2.30 bits per heavy atom. The van der Waals surface area contributed by atoms with E-state index < -0.39 is 17.4 Å². The zero-order valence-electron chi connectivity index (χ0n) is 12.2. The highest BCUT2D eigenvalue weighted by molar-refractivity contribution is 5.91. The van der Waals surface area contributed by atoms with Crippen LogP contribution in [-0.2, 0) is 14.9 Å². The smallest absolute Gasteiger partial charge is 0.337 e. The molecule has 1 N–H and O–H groups in total. The first-order chi connectivity index (χ1) is 9.42. The number of esters is 1. The van der Waals surface area contributed by atoms with Crippen molar-refractivity contribution >= 4 is 11.9 Å². The fourth-order valence-corrected chi connectivity index (χ4v) is 3.17. The van der Waals surface area contributed by atoms with Gasteiger partial charge in [-0.3, -0.25) is 4.79 Å². The number of hydrogen-bond acceptors (Lipinski definition) is 3. The van der Waals surface area contributed by atoms with Gasteiger partial charge in [0.2, 0.25) is 0 Å². The van der Waals surface area contributed by atoms with E-state index in [0.717, 1.165) is 29.5 Å². The molecule has 0 bridgehead atoms. The average molecular weight is 276 g/mol. The largest absolute Gasteiger partial charge is 0.481 e. The predicted molar refractivity (Wildman–Crippen MR) is 75.0 cm³/mol. The van der Waals surface area contributed by atoms with Crippen molar-refractivity contribution in [3.63, 3.8) is 0 Å². The molecule has 0 radical (unpaired) electrons. The highest BCUT2D eigenvalue weighted by Crippen LogP contribution is 2.43. The molecule has 1 aliphatic carbocycles. The number of methoxy groups -OCH3 is 1. The fourth-order valence-electron chi connectivity index (χ4n) is 3.17. The van der Waals surface area contributed by atoms with Crippen LogP contribution in [-0.4, -0.2) is 24.2 Å². The number of carboxylic acids is 1. The number of benzene rings is 1. The normalized spacial score (nSPS) is 16.9. The molecule has 1 aromatic carbocycles. The van der Waals surface area contributed by atoms with Crippen LogP contribution < -0.4 is 0 Å². The lowest BCUT2D eigenvalue weighted by Gasteiger charge is -2.27. The minimum Gasteiger partial charge on any atom is -0.481 e. The van der Waals surface area contributed by atoms with Crippen molar-refractivity contribution < 1.29 is 19.4 Å². The monoisotopic (exact) mass is 276 g/mol. The van der Waals surface area contributed by atoms with Crippen LogP contribution in [0, 0.1) is 13.8 Å². The first-order valence-corrected chi connectivity index (χ1v) is 6.86. The van der Waals surface area contributed by atoms with Gasteiger partial charge in [-0.05, 0) is 55.5 Å². The lowest BCUT2D eigenvalue weighted by atomic mass is 9.75. The summed E-state index contributed by atoms with van der Waals surface area (Å²) in [6.45, 7) is 3.82. The standard InChI is InChI=1S/C16H20O4/c1-10-8-12(14(17)20-3)9-13(11(10)2)16(15(18)19)6-4-5-7-16/h8-9H,4-7H2,1-3H3,(H,18,19). The van der Waals surface area contributed by atoms with Gasteiger partial charge >= 0.3 is 11.9 Å². The molecule has 1 aliphatic rings. The van der Waals surface area contributed by atoms with E-state index in [1.54, 1.807) is 12.1 Å². The predicted octanol–water partition coefficient (Wildman–Crippen LogP) is 2.99. The Labute approximate surface area is 118 Å². The molecule has 0 unspecified atom stereocenters. The van der Waals surface area contributed by atoms with E-state index in [2.05, 4.69) is 0 Å². The van der Waals surface area contributed by atoms with Gasteiger partial charge < -0.3 is 9.84 Å². The fraction of sp³-hybridized carbons (Fsp3) is 0.500. The second-order valence-electron chi connectivity index (χ2n) is 5.55. The van der Waals surface area contributed by atoms with Crippen LogP contribution in [0.5, 0.6) is 0 Å². The third kappa shape index (κ3) is 2.19. The topological polar surface area (TPSA) is 63.6 Å². The average Bonchev–Trinajstić information content (AvgIpc) is 2.91. The Kier molecular flexibility index (Phi) is 3.84. The summed E-state index contributed by atoms with van der Waals surface area (Å²) in [6, 6.07) is 3.46. The van der Waals surface area contributed by atoms with E-state index in [1.807, 2.05) is 13.8 Å². The van der Waals surface area contributed by atoms with Crippen LogP contribution in [0.2, 0.25) is 0 Å². The van der Waals surface area contributed by atoms with Gasteiger partial charge in [0.05, 0.1) is 18.1 Å². The van der Waals surface area contributed by atoms with E-state index in [4.69, 9.17) is 4.74 Å². The van der Waals surface area contributed by atoms with Crippen molar-refractivity contribution in [1.82, 2.24) is 0 Å². The molecule has 0 amide bonds. The van der Waals surface area contributed by atoms with Gasteiger partial charge in [0.25, 0.3) is 0 Å². The Hall–Kier alpha value is -1.84.